The monoisotopic (exact) mass is 276 g/mol. The molecule has 0 bridgehead atoms. The maximum absolute atomic E-state index is 12.1. The topological polar surface area (TPSA) is 35.5 Å². The minimum atomic E-state index is -0.430. The highest BCUT2D eigenvalue weighted by Gasteiger charge is 2.26. The molecule has 3 heteroatoms. The fourth-order valence-electron chi connectivity index (χ4n) is 2.42. The molecule has 1 aliphatic rings. The van der Waals surface area contributed by atoms with Gasteiger partial charge in [0.15, 0.2) is 23.4 Å². The van der Waals surface area contributed by atoms with E-state index in [2.05, 4.69) is 6.92 Å². The number of carbonyl (C=O) groups excluding carboxylic acids is 1. The minimum Gasteiger partial charge on any atom is -0.485 e. The van der Waals surface area contributed by atoms with Crippen LogP contribution >= 0.6 is 0 Å². The molecule has 20 heavy (non-hydrogen) atoms. The van der Waals surface area contributed by atoms with Crippen molar-refractivity contribution in [2.24, 2.45) is 0 Å². The smallest absolute Gasteiger partial charge is 0.190 e. The summed E-state index contributed by atoms with van der Waals surface area (Å²) in [6, 6.07) is 7.51. The molecule has 2 rings (SSSR count). The summed E-state index contributed by atoms with van der Waals surface area (Å²) in [5.74, 6) is 1.58. The molecule has 0 saturated carbocycles. The van der Waals surface area contributed by atoms with Gasteiger partial charge < -0.3 is 9.47 Å². The van der Waals surface area contributed by atoms with E-state index in [1.165, 1.54) is 25.7 Å². The fraction of sp³-hybridized carbons (Fsp3) is 0.588. The van der Waals surface area contributed by atoms with E-state index in [1.54, 1.807) is 0 Å². The quantitative estimate of drug-likeness (QED) is 0.669. The molecule has 1 unspecified atom stereocenters. The molecule has 1 aromatic carbocycles. The summed E-state index contributed by atoms with van der Waals surface area (Å²) in [7, 11) is 0. The molecule has 0 aliphatic carbocycles. The third kappa shape index (κ3) is 4.26. The lowest BCUT2D eigenvalue weighted by Gasteiger charge is -2.25. The van der Waals surface area contributed by atoms with E-state index in [0.717, 1.165) is 18.6 Å². The van der Waals surface area contributed by atoms with Crippen LogP contribution in [-0.2, 0) is 4.79 Å². The third-order valence-corrected chi connectivity index (χ3v) is 3.64. The van der Waals surface area contributed by atoms with E-state index < -0.39 is 6.10 Å². The van der Waals surface area contributed by atoms with Crippen LogP contribution in [0.3, 0.4) is 0 Å². The molecular weight excluding hydrogens is 252 g/mol. The van der Waals surface area contributed by atoms with Crippen molar-refractivity contribution in [1.82, 2.24) is 0 Å². The van der Waals surface area contributed by atoms with E-state index in [9.17, 15) is 4.79 Å². The number of fused-ring (bicyclic) bond motifs is 1. The van der Waals surface area contributed by atoms with Crippen LogP contribution < -0.4 is 9.47 Å². The van der Waals surface area contributed by atoms with Gasteiger partial charge in [-0.25, -0.2) is 0 Å². The normalized spacial score (nSPS) is 16.9. The van der Waals surface area contributed by atoms with Crippen molar-refractivity contribution in [3.05, 3.63) is 24.3 Å². The molecule has 110 valence electrons. The van der Waals surface area contributed by atoms with Crippen LogP contribution in [0, 0.1) is 0 Å². The van der Waals surface area contributed by atoms with Gasteiger partial charge in [0, 0.05) is 6.42 Å². The highest BCUT2D eigenvalue weighted by molar-refractivity contribution is 5.83. The van der Waals surface area contributed by atoms with Crippen LogP contribution in [0.25, 0.3) is 0 Å². The molecule has 0 radical (unpaired) electrons. The van der Waals surface area contributed by atoms with Gasteiger partial charge in [0.2, 0.25) is 0 Å². The Bertz CT molecular complexity index is 428. The first-order chi connectivity index (χ1) is 9.81. The molecule has 3 nitrogen and oxygen atoms in total. The Morgan fingerprint density at radius 3 is 2.60 bits per heavy atom. The lowest BCUT2D eigenvalue weighted by atomic mass is 10.1. The molecular formula is C17H24O3. The van der Waals surface area contributed by atoms with E-state index in [1.807, 2.05) is 24.3 Å². The van der Waals surface area contributed by atoms with Gasteiger partial charge in [-0.3, -0.25) is 4.79 Å². The van der Waals surface area contributed by atoms with Crippen LogP contribution in [0.1, 0.15) is 51.9 Å². The number of Topliss-reactive ketones (excluding diaryl/α,β-unsaturated/α-hetero) is 1. The van der Waals surface area contributed by atoms with Gasteiger partial charge in [0.05, 0.1) is 0 Å². The standard InChI is InChI=1S/C17H24O3/c1-2-3-4-5-6-7-10-14(18)17-13-19-15-11-8-9-12-16(15)20-17/h8-9,11-12,17H,2-7,10,13H2,1H3. The van der Waals surface area contributed by atoms with E-state index in [-0.39, 0.29) is 5.78 Å². The Morgan fingerprint density at radius 2 is 1.80 bits per heavy atom. The predicted octanol–water partition coefficient (Wildman–Crippen LogP) is 4.15. The van der Waals surface area contributed by atoms with Crippen LogP contribution in [0.15, 0.2) is 24.3 Å². The Hall–Kier alpha value is -1.51. The first-order valence-corrected chi connectivity index (χ1v) is 7.72. The van der Waals surface area contributed by atoms with Crippen molar-refractivity contribution in [2.75, 3.05) is 6.61 Å². The molecule has 1 aliphatic heterocycles. The number of unbranched alkanes of at least 4 members (excludes halogenated alkanes) is 5. The SMILES string of the molecule is CCCCCCCCC(=O)C1COc2ccccc2O1. The molecule has 0 amide bonds. The molecule has 0 aromatic heterocycles. The number of carbonyl (C=O) groups is 1. The summed E-state index contributed by atoms with van der Waals surface area (Å²) in [5.41, 5.74) is 0. The zero-order chi connectivity index (χ0) is 14.2. The number of hydrogen-bond acceptors (Lipinski definition) is 3. The summed E-state index contributed by atoms with van der Waals surface area (Å²) in [6.45, 7) is 2.55. The Balaban J connectivity index is 1.69. The molecule has 0 N–H and O–H groups in total. The van der Waals surface area contributed by atoms with Gasteiger partial charge in [-0.15, -0.1) is 0 Å². The molecule has 1 atom stereocenters. The number of ether oxygens (including phenoxy) is 2. The van der Waals surface area contributed by atoms with Crippen molar-refractivity contribution in [3.8, 4) is 11.5 Å². The lowest BCUT2D eigenvalue weighted by Crippen LogP contribution is -2.36. The van der Waals surface area contributed by atoms with Crippen LogP contribution in [-0.4, -0.2) is 18.5 Å². The van der Waals surface area contributed by atoms with Crippen molar-refractivity contribution < 1.29 is 14.3 Å². The molecule has 1 aromatic rings. The second-order valence-electron chi connectivity index (χ2n) is 5.35. The van der Waals surface area contributed by atoms with Crippen LogP contribution in [0.5, 0.6) is 11.5 Å². The second-order valence-corrected chi connectivity index (χ2v) is 5.35. The average molecular weight is 276 g/mol. The maximum Gasteiger partial charge on any atom is 0.190 e. The molecule has 0 fully saturated rings. The van der Waals surface area contributed by atoms with Gasteiger partial charge in [0.1, 0.15) is 6.61 Å². The van der Waals surface area contributed by atoms with Crippen molar-refractivity contribution >= 4 is 5.78 Å². The Morgan fingerprint density at radius 1 is 1.10 bits per heavy atom. The average Bonchev–Trinajstić information content (AvgIpc) is 2.50. The predicted molar refractivity (Wildman–Crippen MR) is 79.4 cm³/mol. The summed E-state index contributed by atoms with van der Waals surface area (Å²) in [5, 5.41) is 0. The fourth-order valence-corrected chi connectivity index (χ4v) is 2.42. The van der Waals surface area contributed by atoms with E-state index in [0.29, 0.717) is 18.8 Å². The zero-order valence-electron chi connectivity index (χ0n) is 12.3. The largest absolute Gasteiger partial charge is 0.485 e. The van der Waals surface area contributed by atoms with Gasteiger partial charge in [-0.1, -0.05) is 51.2 Å². The Kier molecular flexibility index (Phi) is 5.90. The van der Waals surface area contributed by atoms with Crippen LogP contribution in [0.2, 0.25) is 0 Å². The van der Waals surface area contributed by atoms with Gasteiger partial charge in [-0.2, -0.15) is 0 Å². The zero-order valence-corrected chi connectivity index (χ0v) is 12.3. The third-order valence-electron chi connectivity index (χ3n) is 3.64. The number of para-hydroxylation sites is 2. The van der Waals surface area contributed by atoms with Crippen molar-refractivity contribution in [3.63, 3.8) is 0 Å². The molecule has 0 spiro atoms. The molecule has 1 heterocycles. The van der Waals surface area contributed by atoms with Crippen molar-refractivity contribution in [2.45, 2.75) is 58.0 Å². The lowest BCUT2D eigenvalue weighted by molar-refractivity contribution is -0.128. The van der Waals surface area contributed by atoms with Gasteiger partial charge >= 0.3 is 0 Å². The second kappa shape index (κ2) is 7.93. The van der Waals surface area contributed by atoms with E-state index >= 15 is 0 Å². The summed E-state index contributed by atoms with van der Waals surface area (Å²) < 4.78 is 11.3. The summed E-state index contributed by atoms with van der Waals surface area (Å²) >= 11 is 0. The highest BCUT2D eigenvalue weighted by atomic mass is 16.6. The number of benzene rings is 1. The van der Waals surface area contributed by atoms with Crippen molar-refractivity contribution in [1.29, 1.82) is 0 Å². The van der Waals surface area contributed by atoms with Crippen LogP contribution in [0.4, 0.5) is 0 Å². The highest BCUT2D eigenvalue weighted by Crippen LogP contribution is 2.31. The summed E-state index contributed by atoms with van der Waals surface area (Å²) in [4.78, 5) is 12.1. The molecule has 0 saturated heterocycles. The minimum absolute atomic E-state index is 0.162. The first-order valence-electron chi connectivity index (χ1n) is 7.72. The number of hydrogen-bond donors (Lipinski definition) is 0. The number of ketones is 1. The van der Waals surface area contributed by atoms with Gasteiger partial charge in [0.25, 0.3) is 0 Å². The Labute approximate surface area is 121 Å². The summed E-state index contributed by atoms with van der Waals surface area (Å²) in [6.07, 6.45) is 7.33. The first kappa shape index (κ1) is 14.9. The van der Waals surface area contributed by atoms with Gasteiger partial charge in [-0.05, 0) is 18.6 Å². The number of rotatable bonds is 8. The maximum atomic E-state index is 12.1. The van der Waals surface area contributed by atoms with E-state index in [4.69, 9.17) is 9.47 Å².